The Balaban J connectivity index is 4.66. The lowest BCUT2D eigenvalue weighted by Gasteiger charge is -1.97. The van der Waals surface area contributed by atoms with Gasteiger partial charge >= 0.3 is 5.97 Å². The Hall–Kier alpha value is -1.51. The van der Waals surface area contributed by atoms with E-state index in [-0.39, 0.29) is 11.3 Å². The lowest BCUT2D eigenvalue weighted by molar-refractivity contribution is -0.132. The van der Waals surface area contributed by atoms with Gasteiger partial charge in [0.25, 0.3) is 0 Å². The fourth-order valence-corrected chi connectivity index (χ4v) is 0.658. The van der Waals surface area contributed by atoms with E-state index in [1.807, 2.05) is 0 Å². The van der Waals surface area contributed by atoms with Gasteiger partial charge in [-0.2, -0.15) is 0 Å². The van der Waals surface area contributed by atoms with E-state index in [0.29, 0.717) is 0 Å². The average molecular weight is 168 g/mol. The van der Waals surface area contributed by atoms with E-state index >= 15 is 0 Å². The Labute approximate surface area is 71.3 Å². The second-order valence-electron chi connectivity index (χ2n) is 2.09. The number of carboxylic acids is 1. The molecule has 0 aliphatic carbocycles. The molecule has 0 amide bonds. The predicted octanol–water partition coefficient (Wildman–Crippen LogP) is 2.04. The first kappa shape index (κ1) is 10.5. The quantitative estimate of drug-likeness (QED) is 0.385. The van der Waals surface area contributed by atoms with Gasteiger partial charge in [-0.1, -0.05) is 18.2 Å². The minimum atomic E-state index is -1.13. The number of aliphatic hydroxyl groups excluding tert-OH is 1. The number of carbonyl (C=O) groups is 1. The molecule has 0 aliphatic rings. The molecule has 0 fully saturated rings. The molecule has 0 aliphatic heterocycles. The lowest BCUT2D eigenvalue weighted by Crippen LogP contribution is -2.02. The molecule has 0 heterocycles. The van der Waals surface area contributed by atoms with Crippen LogP contribution in [0.3, 0.4) is 0 Å². The summed E-state index contributed by atoms with van der Waals surface area (Å²) < 4.78 is 0. The van der Waals surface area contributed by atoms with Gasteiger partial charge in [0.1, 0.15) is 5.76 Å². The van der Waals surface area contributed by atoms with Crippen LogP contribution in [0.25, 0.3) is 0 Å². The first-order chi connectivity index (χ1) is 5.63. The van der Waals surface area contributed by atoms with Crippen LogP contribution in [-0.2, 0) is 4.79 Å². The zero-order valence-corrected chi connectivity index (χ0v) is 7.11. The molecule has 0 atom stereocenters. The highest BCUT2D eigenvalue weighted by Crippen LogP contribution is 2.06. The minimum Gasteiger partial charge on any atom is -0.507 e. The molecule has 0 radical (unpaired) electrons. The topological polar surface area (TPSA) is 57.5 Å². The Morgan fingerprint density at radius 3 is 2.17 bits per heavy atom. The summed E-state index contributed by atoms with van der Waals surface area (Å²) in [7, 11) is 0. The maximum absolute atomic E-state index is 10.4. The molecular formula is C9H12O3. The van der Waals surface area contributed by atoms with Crippen molar-refractivity contribution in [3.8, 4) is 0 Å². The van der Waals surface area contributed by atoms with Gasteiger partial charge in [0.2, 0.25) is 0 Å². The Morgan fingerprint density at radius 2 is 1.83 bits per heavy atom. The second-order valence-corrected chi connectivity index (χ2v) is 2.09. The Bertz CT molecular complexity index is 246. The van der Waals surface area contributed by atoms with Crippen LogP contribution in [0.1, 0.15) is 13.8 Å². The number of hydrogen-bond acceptors (Lipinski definition) is 2. The largest absolute Gasteiger partial charge is 0.507 e. The fraction of sp³-hybridized carbons (Fsp3) is 0.222. The molecule has 0 rings (SSSR count). The van der Waals surface area contributed by atoms with Gasteiger partial charge in [-0.05, 0) is 19.9 Å². The first-order valence-electron chi connectivity index (χ1n) is 3.55. The molecule has 0 saturated heterocycles. The third-order valence-electron chi connectivity index (χ3n) is 1.24. The van der Waals surface area contributed by atoms with E-state index in [4.69, 9.17) is 5.11 Å². The molecule has 0 aromatic carbocycles. The molecule has 0 saturated carbocycles. The van der Waals surface area contributed by atoms with E-state index in [1.54, 1.807) is 26.0 Å². The zero-order chi connectivity index (χ0) is 9.56. The van der Waals surface area contributed by atoms with Gasteiger partial charge in [0.05, 0.1) is 5.57 Å². The highest BCUT2D eigenvalue weighted by atomic mass is 16.4. The summed E-state index contributed by atoms with van der Waals surface area (Å²) in [5, 5.41) is 17.7. The van der Waals surface area contributed by atoms with Crippen molar-refractivity contribution in [2.24, 2.45) is 0 Å². The van der Waals surface area contributed by atoms with Crippen LogP contribution in [0, 0.1) is 0 Å². The van der Waals surface area contributed by atoms with Crippen molar-refractivity contribution in [3.05, 3.63) is 35.6 Å². The van der Waals surface area contributed by atoms with E-state index in [0.717, 1.165) is 0 Å². The highest BCUT2D eigenvalue weighted by molar-refractivity contribution is 5.90. The summed E-state index contributed by atoms with van der Waals surface area (Å²) in [5.74, 6) is -1.36. The van der Waals surface area contributed by atoms with Gasteiger partial charge < -0.3 is 10.2 Å². The van der Waals surface area contributed by atoms with Gasteiger partial charge in [-0.3, -0.25) is 0 Å². The van der Waals surface area contributed by atoms with Crippen molar-refractivity contribution in [3.63, 3.8) is 0 Å². The molecular weight excluding hydrogens is 156 g/mol. The number of aliphatic hydroxyl groups is 1. The van der Waals surface area contributed by atoms with Crippen LogP contribution < -0.4 is 0 Å². The molecule has 0 aromatic rings. The molecule has 2 N–H and O–H groups in total. The second kappa shape index (κ2) is 5.18. The Kier molecular flexibility index (Phi) is 4.53. The molecule has 66 valence electrons. The summed E-state index contributed by atoms with van der Waals surface area (Å²) in [6.07, 6.45) is 5.95. The monoisotopic (exact) mass is 168 g/mol. The van der Waals surface area contributed by atoms with E-state index in [9.17, 15) is 9.90 Å². The van der Waals surface area contributed by atoms with Crippen LogP contribution >= 0.6 is 0 Å². The van der Waals surface area contributed by atoms with Crippen molar-refractivity contribution >= 4 is 5.97 Å². The normalized spacial score (nSPS) is 13.8. The van der Waals surface area contributed by atoms with Crippen LogP contribution in [0.15, 0.2) is 35.6 Å². The van der Waals surface area contributed by atoms with Crippen molar-refractivity contribution in [1.29, 1.82) is 0 Å². The highest BCUT2D eigenvalue weighted by Gasteiger charge is 2.08. The number of allylic oxidation sites excluding steroid dienone is 4. The molecule has 0 spiro atoms. The lowest BCUT2D eigenvalue weighted by atomic mass is 10.2. The van der Waals surface area contributed by atoms with Crippen molar-refractivity contribution in [2.45, 2.75) is 13.8 Å². The van der Waals surface area contributed by atoms with E-state index in [1.165, 1.54) is 12.2 Å². The summed E-state index contributed by atoms with van der Waals surface area (Å²) in [6, 6.07) is 0. The Morgan fingerprint density at radius 1 is 1.25 bits per heavy atom. The maximum Gasteiger partial charge on any atom is 0.339 e. The average Bonchev–Trinajstić information content (AvgIpc) is 2.01. The summed E-state index contributed by atoms with van der Waals surface area (Å²) in [5.41, 5.74) is -0.0897. The maximum atomic E-state index is 10.4. The van der Waals surface area contributed by atoms with E-state index < -0.39 is 5.97 Å². The van der Waals surface area contributed by atoms with Crippen LogP contribution in [0.4, 0.5) is 0 Å². The van der Waals surface area contributed by atoms with Crippen molar-refractivity contribution in [1.82, 2.24) is 0 Å². The molecule has 0 bridgehead atoms. The third-order valence-corrected chi connectivity index (χ3v) is 1.24. The van der Waals surface area contributed by atoms with Crippen LogP contribution in [0.5, 0.6) is 0 Å². The number of hydrogen-bond donors (Lipinski definition) is 2. The molecule has 12 heavy (non-hydrogen) atoms. The van der Waals surface area contributed by atoms with Crippen molar-refractivity contribution in [2.75, 3.05) is 0 Å². The SMILES string of the molecule is C\C=C/C=C(O)\C(=C/C)C(=O)O. The minimum absolute atomic E-state index is 0.0897. The molecule has 3 heteroatoms. The molecule has 0 aromatic heterocycles. The van der Waals surface area contributed by atoms with Crippen LogP contribution in [-0.4, -0.2) is 16.2 Å². The molecule has 0 unspecified atom stereocenters. The van der Waals surface area contributed by atoms with Gasteiger partial charge in [0.15, 0.2) is 0 Å². The fourth-order valence-electron chi connectivity index (χ4n) is 0.658. The van der Waals surface area contributed by atoms with Gasteiger partial charge in [0, 0.05) is 0 Å². The molecule has 3 nitrogen and oxygen atoms in total. The third kappa shape index (κ3) is 3.05. The number of carboxylic acid groups (broad SMARTS) is 1. The van der Waals surface area contributed by atoms with E-state index in [2.05, 4.69) is 0 Å². The zero-order valence-electron chi connectivity index (χ0n) is 7.11. The number of aliphatic carboxylic acids is 1. The van der Waals surface area contributed by atoms with Gasteiger partial charge in [-0.25, -0.2) is 4.79 Å². The first-order valence-corrected chi connectivity index (χ1v) is 3.55. The summed E-state index contributed by atoms with van der Waals surface area (Å²) >= 11 is 0. The number of rotatable bonds is 3. The van der Waals surface area contributed by atoms with Crippen LogP contribution in [0.2, 0.25) is 0 Å². The van der Waals surface area contributed by atoms with Gasteiger partial charge in [-0.15, -0.1) is 0 Å². The predicted molar refractivity (Wildman–Crippen MR) is 46.9 cm³/mol. The standard InChI is InChI=1S/C9H12O3/c1-3-5-6-8(10)7(4-2)9(11)12/h3-6,10H,1-2H3,(H,11,12)/b5-3-,7-4+,8-6+. The smallest absolute Gasteiger partial charge is 0.339 e. The van der Waals surface area contributed by atoms with Crippen molar-refractivity contribution < 1.29 is 15.0 Å². The summed E-state index contributed by atoms with van der Waals surface area (Å²) in [6.45, 7) is 3.34. The summed E-state index contributed by atoms with van der Waals surface area (Å²) in [4.78, 5) is 10.4.